The van der Waals surface area contributed by atoms with E-state index in [0.717, 1.165) is 17.4 Å². The number of para-hydroxylation sites is 1. The Kier molecular flexibility index (Phi) is 3.77. The van der Waals surface area contributed by atoms with Crippen LogP contribution in [0.4, 0.5) is 0 Å². The molecule has 2 N–H and O–H groups in total. The van der Waals surface area contributed by atoms with E-state index in [-0.39, 0.29) is 18.6 Å². The third-order valence-electron chi connectivity index (χ3n) is 3.30. The van der Waals surface area contributed by atoms with Crippen molar-refractivity contribution in [3.05, 3.63) is 35.6 Å². The van der Waals surface area contributed by atoms with Crippen molar-refractivity contribution in [3.8, 4) is 6.07 Å². The Hall–Kier alpha value is -2.32. The van der Waals surface area contributed by atoms with Gasteiger partial charge in [-0.1, -0.05) is 25.1 Å². The molecule has 5 nitrogen and oxygen atoms in total. The Morgan fingerprint density at radius 1 is 1.50 bits per heavy atom. The number of aryl methyl sites for hydroxylation is 1. The SMILES string of the molecule is CCc1cccc2cc([C@@](O)(C#N)CCC(=O)O)oc12. The van der Waals surface area contributed by atoms with E-state index in [1.807, 2.05) is 25.1 Å². The average Bonchev–Trinajstić information content (AvgIpc) is 2.89. The summed E-state index contributed by atoms with van der Waals surface area (Å²) in [7, 11) is 0. The van der Waals surface area contributed by atoms with E-state index >= 15 is 0 Å². The van der Waals surface area contributed by atoms with Crippen molar-refractivity contribution < 1.29 is 19.4 Å². The number of fused-ring (bicyclic) bond motifs is 1. The highest BCUT2D eigenvalue weighted by molar-refractivity contribution is 5.81. The smallest absolute Gasteiger partial charge is 0.303 e. The van der Waals surface area contributed by atoms with Crippen LogP contribution in [0.1, 0.15) is 31.1 Å². The maximum atomic E-state index is 10.6. The van der Waals surface area contributed by atoms with Gasteiger partial charge in [0.15, 0.2) is 5.76 Å². The molecule has 0 fully saturated rings. The minimum Gasteiger partial charge on any atom is -0.481 e. The van der Waals surface area contributed by atoms with Crippen LogP contribution in [0.2, 0.25) is 0 Å². The molecule has 1 aromatic carbocycles. The number of furan rings is 1. The molecule has 2 aromatic rings. The first-order valence-electron chi connectivity index (χ1n) is 6.37. The summed E-state index contributed by atoms with van der Waals surface area (Å²) < 4.78 is 5.61. The fourth-order valence-electron chi connectivity index (χ4n) is 2.13. The third-order valence-corrected chi connectivity index (χ3v) is 3.30. The van der Waals surface area contributed by atoms with Gasteiger partial charge in [-0.3, -0.25) is 4.79 Å². The summed E-state index contributed by atoms with van der Waals surface area (Å²) in [5.74, 6) is -0.971. The summed E-state index contributed by atoms with van der Waals surface area (Å²) in [6.45, 7) is 1.98. The summed E-state index contributed by atoms with van der Waals surface area (Å²) >= 11 is 0. The number of carboxylic acids is 1. The van der Waals surface area contributed by atoms with Gasteiger partial charge in [-0.05, 0) is 18.1 Å². The standard InChI is InChI=1S/C15H15NO4/c1-2-10-4-3-5-11-8-12(20-14(10)11)15(19,9-16)7-6-13(17)18/h3-5,8,19H,2,6-7H2,1H3,(H,17,18)/t15-/m0/s1. The molecule has 1 heterocycles. The quantitative estimate of drug-likeness (QED) is 0.816. The van der Waals surface area contributed by atoms with Crippen molar-refractivity contribution in [1.29, 1.82) is 5.26 Å². The minimum absolute atomic E-state index is 0.0946. The van der Waals surface area contributed by atoms with E-state index in [0.29, 0.717) is 5.58 Å². The number of carboxylic acid groups (broad SMARTS) is 1. The molecule has 1 aromatic heterocycles. The number of benzene rings is 1. The number of hydrogen-bond donors (Lipinski definition) is 2. The molecule has 1 atom stereocenters. The first-order valence-corrected chi connectivity index (χ1v) is 6.37. The van der Waals surface area contributed by atoms with Crippen LogP contribution in [0, 0.1) is 11.3 Å². The highest BCUT2D eigenvalue weighted by atomic mass is 16.4. The molecule has 104 valence electrons. The molecule has 0 aliphatic heterocycles. The van der Waals surface area contributed by atoms with Crippen LogP contribution in [0.15, 0.2) is 28.7 Å². The van der Waals surface area contributed by atoms with E-state index in [2.05, 4.69) is 0 Å². The largest absolute Gasteiger partial charge is 0.481 e. The average molecular weight is 273 g/mol. The van der Waals surface area contributed by atoms with Gasteiger partial charge in [0.25, 0.3) is 0 Å². The van der Waals surface area contributed by atoms with Gasteiger partial charge in [0.05, 0.1) is 0 Å². The Bertz CT molecular complexity index is 683. The van der Waals surface area contributed by atoms with Crippen LogP contribution in [-0.4, -0.2) is 16.2 Å². The van der Waals surface area contributed by atoms with Crippen LogP contribution < -0.4 is 0 Å². The Labute approximate surface area is 116 Å². The van der Waals surface area contributed by atoms with Crippen molar-refractivity contribution >= 4 is 16.9 Å². The molecule has 0 unspecified atom stereocenters. The molecule has 0 saturated heterocycles. The summed E-state index contributed by atoms with van der Waals surface area (Å²) in [5.41, 5.74) is -0.302. The van der Waals surface area contributed by atoms with Gasteiger partial charge in [-0.2, -0.15) is 5.26 Å². The molecule has 0 radical (unpaired) electrons. The first-order chi connectivity index (χ1) is 9.50. The fraction of sp³-hybridized carbons (Fsp3) is 0.333. The molecule has 0 saturated carbocycles. The van der Waals surface area contributed by atoms with Gasteiger partial charge in [0.2, 0.25) is 5.60 Å². The predicted molar refractivity (Wildman–Crippen MR) is 72.0 cm³/mol. The number of rotatable bonds is 5. The lowest BCUT2D eigenvalue weighted by atomic mass is 9.96. The number of hydrogen-bond acceptors (Lipinski definition) is 4. The summed E-state index contributed by atoms with van der Waals surface area (Å²) in [4.78, 5) is 10.6. The molecule has 20 heavy (non-hydrogen) atoms. The Morgan fingerprint density at radius 3 is 2.85 bits per heavy atom. The lowest BCUT2D eigenvalue weighted by Crippen LogP contribution is -2.23. The molecule has 0 spiro atoms. The normalized spacial score (nSPS) is 13.8. The molecule has 0 aliphatic rings. The monoisotopic (exact) mass is 273 g/mol. The Balaban J connectivity index is 2.45. The van der Waals surface area contributed by atoms with Crippen LogP contribution >= 0.6 is 0 Å². The molecule has 0 amide bonds. The third kappa shape index (κ3) is 2.51. The fourth-order valence-corrected chi connectivity index (χ4v) is 2.13. The van der Waals surface area contributed by atoms with Gasteiger partial charge in [-0.15, -0.1) is 0 Å². The van der Waals surface area contributed by atoms with Crippen LogP contribution in [-0.2, 0) is 16.8 Å². The lowest BCUT2D eigenvalue weighted by Gasteiger charge is -2.15. The van der Waals surface area contributed by atoms with Gasteiger partial charge in [-0.25, -0.2) is 0 Å². The first kappa shape index (κ1) is 14.1. The number of aliphatic carboxylic acids is 1. The van der Waals surface area contributed by atoms with E-state index in [1.165, 1.54) is 0 Å². The number of nitrogens with zero attached hydrogens (tertiary/aromatic N) is 1. The second-order valence-electron chi connectivity index (χ2n) is 4.67. The van der Waals surface area contributed by atoms with Gasteiger partial charge in [0, 0.05) is 18.2 Å². The summed E-state index contributed by atoms with van der Waals surface area (Å²) in [5, 5.41) is 28.9. The van der Waals surface area contributed by atoms with E-state index in [4.69, 9.17) is 14.8 Å². The highest BCUT2D eigenvalue weighted by Gasteiger charge is 2.34. The van der Waals surface area contributed by atoms with Crippen LogP contribution in [0.25, 0.3) is 11.0 Å². The van der Waals surface area contributed by atoms with Gasteiger partial charge < -0.3 is 14.6 Å². The van der Waals surface area contributed by atoms with Crippen molar-refractivity contribution in [2.24, 2.45) is 0 Å². The number of aliphatic hydroxyl groups is 1. The molecule has 0 aliphatic carbocycles. The highest BCUT2D eigenvalue weighted by Crippen LogP contribution is 2.32. The molecular formula is C15H15NO4. The summed E-state index contributed by atoms with van der Waals surface area (Å²) in [6.07, 6.45) is 0.256. The molecule has 2 rings (SSSR count). The second kappa shape index (κ2) is 5.35. The maximum absolute atomic E-state index is 10.6. The number of nitriles is 1. The van der Waals surface area contributed by atoms with Gasteiger partial charge >= 0.3 is 5.97 Å². The topological polar surface area (TPSA) is 94.5 Å². The second-order valence-corrected chi connectivity index (χ2v) is 4.67. The molecule has 0 bridgehead atoms. The van der Waals surface area contributed by atoms with Crippen LogP contribution in [0.5, 0.6) is 0 Å². The van der Waals surface area contributed by atoms with Crippen molar-refractivity contribution in [3.63, 3.8) is 0 Å². The van der Waals surface area contributed by atoms with E-state index in [1.54, 1.807) is 12.1 Å². The van der Waals surface area contributed by atoms with Crippen LogP contribution in [0.3, 0.4) is 0 Å². The van der Waals surface area contributed by atoms with E-state index < -0.39 is 11.6 Å². The maximum Gasteiger partial charge on any atom is 0.303 e. The minimum atomic E-state index is -1.91. The van der Waals surface area contributed by atoms with Gasteiger partial charge in [0.1, 0.15) is 11.7 Å². The van der Waals surface area contributed by atoms with Crippen molar-refractivity contribution in [2.45, 2.75) is 31.8 Å². The summed E-state index contributed by atoms with van der Waals surface area (Å²) in [6, 6.07) is 8.97. The zero-order valence-corrected chi connectivity index (χ0v) is 11.1. The zero-order valence-electron chi connectivity index (χ0n) is 11.1. The van der Waals surface area contributed by atoms with Crippen molar-refractivity contribution in [2.75, 3.05) is 0 Å². The van der Waals surface area contributed by atoms with Crippen molar-refractivity contribution in [1.82, 2.24) is 0 Å². The van der Waals surface area contributed by atoms with E-state index in [9.17, 15) is 9.90 Å². The molecular weight excluding hydrogens is 258 g/mol. The molecule has 5 heteroatoms. The zero-order chi connectivity index (χ0) is 14.8. The number of carbonyl (C=O) groups is 1. The predicted octanol–water partition coefficient (Wildman–Crippen LogP) is 2.57. The lowest BCUT2D eigenvalue weighted by molar-refractivity contribution is -0.138. The Morgan fingerprint density at radius 2 is 2.25 bits per heavy atom.